The third-order valence-electron chi connectivity index (χ3n) is 4.50. The number of carboxylic acid groups (broad SMARTS) is 2. The highest BCUT2D eigenvalue weighted by Crippen LogP contribution is 2.07. The summed E-state index contributed by atoms with van der Waals surface area (Å²) in [6, 6.07) is -7.71. The van der Waals surface area contributed by atoms with E-state index in [-0.39, 0.29) is 12.3 Å². The van der Waals surface area contributed by atoms with Gasteiger partial charge in [0.1, 0.15) is 30.2 Å². The summed E-state index contributed by atoms with van der Waals surface area (Å²) in [4.78, 5) is 71.3. The van der Waals surface area contributed by atoms with Gasteiger partial charge >= 0.3 is 11.9 Å². The van der Waals surface area contributed by atoms with Crippen molar-refractivity contribution < 1.29 is 54.3 Å². The highest BCUT2D eigenvalue weighted by Gasteiger charge is 2.32. The molecule has 0 radical (unpaired) electrons. The van der Waals surface area contributed by atoms with Crippen LogP contribution >= 0.6 is 0 Å². The fraction of sp³-hybridized carbons (Fsp3) is 0.684. The van der Waals surface area contributed by atoms with Crippen molar-refractivity contribution in [3.63, 3.8) is 0 Å². The zero-order chi connectivity index (χ0) is 27.3. The monoisotopic (exact) mass is 507 g/mol. The summed E-state index contributed by atoms with van der Waals surface area (Å²) < 4.78 is 0. The molecule has 35 heavy (non-hydrogen) atoms. The molecule has 0 aliphatic rings. The summed E-state index contributed by atoms with van der Waals surface area (Å²) in [5.74, 6) is -7.37. The summed E-state index contributed by atoms with van der Waals surface area (Å²) in [5.41, 5.74) is 5.31. The molecule has 5 atom stereocenters. The molecule has 200 valence electrons. The molecule has 0 unspecified atom stereocenters. The van der Waals surface area contributed by atoms with Crippen molar-refractivity contribution in [1.82, 2.24) is 21.3 Å². The van der Waals surface area contributed by atoms with Gasteiger partial charge < -0.3 is 52.5 Å². The average Bonchev–Trinajstić information content (AvgIpc) is 2.78. The molecule has 16 nitrogen and oxygen atoms in total. The van der Waals surface area contributed by atoms with E-state index in [1.165, 1.54) is 0 Å². The van der Waals surface area contributed by atoms with E-state index in [4.69, 9.17) is 21.1 Å². The normalized spacial score (nSPS) is 15.2. The van der Waals surface area contributed by atoms with E-state index >= 15 is 0 Å². The predicted molar refractivity (Wildman–Crippen MR) is 116 cm³/mol. The molecule has 0 aromatic carbocycles. The second kappa shape index (κ2) is 15.5. The van der Waals surface area contributed by atoms with Gasteiger partial charge in [0.25, 0.3) is 0 Å². The van der Waals surface area contributed by atoms with Gasteiger partial charge in [-0.25, -0.2) is 4.79 Å². The zero-order valence-corrected chi connectivity index (χ0v) is 19.3. The number of carbonyl (C=O) groups excluding carboxylic acids is 4. The molecule has 0 bridgehead atoms. The molecule has 0 aliphatic heterocycles. The average molecular weight is 507 g/mol. The van der Waals surface area contributed by atoms with E-state index < -0.39 is 92.0 Å². The van der Waals surface area contributed by atoms with Crippen LogP contribution in [0.5, 0.6) is 0 Å². The zero-order valence-electron chi connectivity index (χ0n) is 19.3. The van der Waals surface area contributed by atoms with Crippen molar-refractivity contribution in [2.45, 2.75) is 56.9 Å². The summed E-state index contributed by atoms with van der Waals surface area (Å²) in [7, 11) is 0. The van der Waals surface area contributed by atoms with Gasteiger partial charge in [0.15, 0.2) is 0 Å². The third-order valence-corrected chi connectivity index (χ3v) is 4.50. The van der Waals surface area contributed by atoms with Gasteiger partial charge in [0.2, 0.25) is 23.6 Å². The Morgan fingerprint density at radius 3 is 1.43 bits per heavy atom. The topological polar surface area (TPSA) is 278 Å². The van der Waals surface area contributed by atoms with Gasteiger partial charge in [-0.1, -0.05) is 13.8 Å². The Kier molecular flexibility index (Phi) is 14.1. The number of aliphatic carboxylic acids is 2. The summed E-state index contributed by atoms with van der Waals surface area (Å²) in [6.45, 7) is 0.785. The number of nitrogens with one attached hydrogen (secondary N) is 4. The predicted octanol–water partition coefficient (Wildman–Crippen LogP) is -5.16. The Bertz CT molecular complexity index is 776. The first-order chi connectivity index (χ1) is 16.3. The number of amides is 4. The largest absolute Gasteiger partial charge is 0.481 e. The molecule has 0 aromatic rings. The molecule has 0 aliphatic carbocycles. The number of hydrogen-bond donors (Lipinski definition) is 10. The Balaban J connectivity index is 5.41. The Morgan fingerprint density at radius 2 is 1.06 bits per heavy atom. The van der Waals surface area contributed by atoms with Gasteiger partial charge in [0.05, 0.1) is 26.2 Å². The van der Waals surface area contributed by atoms with Crippen LogP contribution < -0.4 is 27.0 Å². The molecule has 11 N–H and O–H groups in total. The van der Waals surface area contributed by atoms with Crippen molar-refractivity contribution in [2.24, 2.45) is 11.7 Å². The van der Waals surface area contributed by atoms with Crippen LogP contribution in [0.25, 0.3) is 0 Å². The van der Waals surface area contributed by atoms with Crippen LogP contribution in [0.2, 0.25) is 0 Å². The van der Waals surface area contributed by atoms with Crippen LogP contribution in [0, 0.1) is 5.92 Å². The first kappa shape index (κ1) is 31.7. The lowest BCUT2D eigenvalue weighted by atomic mass is 10.0. The van der Waals surface area contributed by atoms with Crippen LogP contribution in [-0.4, -0.2) is 111 Å². The van der Waals surface area contributed by atoms with E-state index in [0.29, 0.717) is 0 Å². The van der Waals surface area contributed by atoms with Crippen molar-refractivity contribution in [3.8, 4) is 0 Å². The molecule has 0 rings (SSSR count). The lowest BCUT2D eigenvalue weighted by molar-refractivity contribution is -0.147. The maximum Gasteiger partial charge on any atom is 0.326 e. The number of carboxylic acids is 2. The van der Waals surface area contributed by atoms with E-state index in [9.17, 15) is 39.0 Å². The summed E-state index contributed by atoms with van der Waals surface area (Å²) >= 11 is 0. The molecule has 0 saturated heterocycles. The quantitative estimate of drug-likeness (QED) is 0.0938. The second-order valence-electron chi connectivity index (χ2n) is 7.96. The van der Waals surface area contributed by atoms with E-state index in [1.807, 2.05) is 5.32 Å². The minimum absolute atomic E-state index is 0.00253. The lowest BCUT2D eigenvalue weighted by Gasteiger charge is -2.25. The number of rotatable bonds is 16. The van der Waals surface area contributed by atoms with Crippen LogP contribution in [0.3, 0.4) is 0 Å². The van der Waals surface area contributed by atoms with E-state index in [0.717, 1.165) is 0 Å². The van der Waals surface area contributed by atoms with Crippen LogP contribution in [0.4, 0.5) is 0 Å². The number of hydrogen-bond acceptors (Lipinski definition) is 10. The smallest absolute Gasteiger partial charge is 0.326 e. The molecule has 0 fully saturated rings. The minimum atomic E-state index is -1.76. The van der Waals surface area contributed by atoms with Gasteiger partial charge in [-0.05, 0) is 12.3 Å². The van der Waals surface area contributed by atoms with Crippen molar-refractivity contribution in [1.29, 1.82) is 0 Å². The molecule has 0 spiro atoms. The molecule has 16 heteroatoms. The van der Waals surface area contributed by atoms with Gasteiger partial charge in [-0.2, -0.15) is 0 Å². The van der Waals surface area contributed by atoms with Crippen LogP contribution in [0.15, 0.2) is 0 Å². The highest BCUT2D eigenvalue weighted by molar-refractivity contribution is 5.95. The molecule has 0 heterocycles. The molecule has 0 saturated carbocycles. The van der Waals surface area contributed by atoms with Crippen molar-refractivity contribution in [3.05, 3.63) is 0 Å². The van der Waals surface area contributed by atoms with E-state index in [1.54, 1.807) is 13.8 Å². The third kappa shape index (κ3) is 11.6. The molecule has 4 amide bonds. The first-order valence-corrected chi connectivity index (χ1v) is 10.5. The number of aliphatic hydroxyl groups is 3. The number of nitrogens with two attached hydrogens (primary N) is 1. The summed E-state index contributed by atoms with van der Waals surface area (Å²) in [6.07, 6.45) is -0.912. The molecule has 0 aromatic heterocycles. The Morgan fingerprint density at radius 1 is 0.657 bits per heavy atom. The number of aliphatic hydroxyl groups excluding tert-OH is 3. The van der Waals surface area contributed by atoms with Crippen LogP contribution in [-0.2, 0) is 28.8 Å². The molecular weight excluding hydrogens is 474 g/mol. The highest BCUT2D eigenvalue weighted by atomic mass is 16.4. The van der Waals surface area contributed by atoms with Gasteiger partial charge in [0, 0.05) is 0 Å². The van der Waals surface area contributed by atoms with Crippen LogP contribution in [0.1, 0.15) is 26.7 Å². The van der Waals surface area contributed by atoms with Gasteiger partial charge in [-0.15, -0.1) is 0 Å². The Labute approximate surface area is 200 Å². The summed E-state index contributed by atoms with van der Waals surface area (Å²) in [5, 5.41) is 54.1. The fourth-order valence-corrected chi connectivity index (χ4v) is 2.64. The maximum atomic E-state index is 12.6. The van der Waals surface area contributed by atoms with Crippen molar-refractivity contribution in [2.75, 3.05) is 19.8 Å². The second-order valence-corrected chi connectivity index (χ2v) is 7.96. The van der Waals surface area contributed by atoms with E-state index in [2.05, 4.69) is 16.0 Å². The van der Waals surface area contributed by atoms with Gasteiger partial charge in [-0.3, -0.25) is 24.0 Å². The van der Waals surface area contributed by atoms with Crippen molar-refractivity contribution >= 4 is 35.6 Å². The standard InChI is InChI=1S/C19H33N5O11/c1-8(2)3-10(16(31)22-11(19(34)35)4-14(28)29)21-17(32)13(7-27)24-18(33)12(6-26)23-15(30)9(20)5-25/h8-13,25-27H,3-7,20H2,1-2H3,(H,21,32)(H,22,31)(H,23,30)(H,24,33)(H,28,29)(H,34,35)/t9-,10-,11-,12-,13-/m0/s1. The molecular formula is C19H33N5O11. The first-order valence-electron chi connectivity index (χ1n) is 10.5. The minimum Gasteiger partial charge on any atom is -0.481 e. The SMILES string of the molecule is CC(C)C[C@H](NC(=O)[C@H](CO)NC(=O)[C@H](CO)NC(=O)[C@@H](N)CO)C(=O)N[C@@H](CC(=O)O)C(=O)O. The Hall–Kier alpha value is -3.34. The maximum absolute atomic E-state index is 12.6. The lowest BCUT2D eigenvalue weighted by Crippen LogP contribution is -2.60. The fourth-order valence-electron chi connectivity index (χ4n) is 2.64. The number of carbonyl (C=O) groups is 6.